The molecule has 27 heavy (non-hydrogen) atoms. The van der Waals surface area contributed by atoms with E-state index in [9.17, 15) is 9.90 Å². The van der Waals surface area contributed by atoms with Crippen LogP contribution in [0.15, 0.2) is 42.5 Å². The number of nitrogens with zero attached hydrogens (tertiary/aromatic N) is 2. The molecule has 0 saturated heterocycles. The molecule has 6 heteroatoms. The Morgan fingerprint density at radius 2 is 1.96 bits per heavy atom. The van der Waals surface area contributed by atoms with Gasteiger partial charge in [-0.1, -0.05) is 31.9 Å². The van der Waals surface area contributed by atoms with E-state index in [4.69, 9.17) is 9.47 Å². The quantitative estimate of drug-likeness (QED) is 0.568. The van der Waals surface area contributed by atoms with Crippen LogP contribution in [0.2, 0.25) is 0 Å². The lowest BCUT2D eigenvalue weighted by Gasteiger charge is -2.13. The van der Waals surface area contributed by atoms with Crippen molar-refractivity contribution in [3.8, 4) is 22.9 Å². The summed E-state index contributed by atoms with van der Waals surface area (Å²) in [4.78, 5) is 16.0. The molecule has 0 bridgehead atoms. The number of para-hydroxylation sites is 2. The molecule has 1 heterocycles. The van der Waals surface area contributed by atoms with Crippen LogP contribution in [0.1, 0.15) is 26.2 Å². The van der Waals surface area contributed by atoms with Crippen LogP contribution in [0.25, 0.3) is 22.4 Å². The number of aliphatic carboxylic acids is 1. The second-order valence-corrected chi connectivity index (χ2v) is 6.33. The van der Waals surface area contributed by atoms with Crippen LogP contribution in [-0.2, 0) is 11.3 Å². The van der Waals surface area contributed by atoms with Gasteiger partial charge in [0.25, 0.3) is 0 Å². The zero-order valence-corrected chi connectivity index (χ0v) is 15.6. The van der Waals surface area contributed by atoms with Gasteiger partial charge in [0.05, 0.1) is 24.8 Å². The molecule has 0 amide bonds. The molecule has 142 valence electrons. The van der Waals surface area contributed by atoms with E-state index in [1.165, 1.54) is 0 Å². The van der Waals surface area contributed by atoms with Gasteiger partial charge in [0.1, 0.15) is 12.4 Å². The predicted octanol–water partition coefficient (Wildman–Crippen LogP) is 4.37. The van der Waals surface area contributed by atoms with Gasteiger partial charge in [-0.05, 0) is 36.8 Å². The molecule has 3 aromatic rings. The molecule has 1 aromatic heterocycles. The number of methoxy groups -OCH3 is 1. The van der Waals surface area contributed by atoms with Crippen LogP contribution >= 0.6 is 0 Å². The fourth-order valence-electron chi connectivity index (χ4n) is 3.05. The highest BCUT2D eigenvalue weighted by molar-refractivity contribution is 5.83. The van der Waals surface area contributed by atoms with E-state index in [1.807, 2.05) is 42.5 Å². The Balaban J connectivity index is 2.01. The molecule has 0 aliphatic rings. The van der Waals surface area contributed by atoms with Gasteiger partial charge < -0.3 is 19.1 Å². The number of unbranched alkanes of at least 4 members (excludes halogenated alkanes) is 2. The molecular formula is C21H24N2O4. The highest BCUT2D eigenvalue weighted by Gasteiger charge is 2.16. The first kappa shape index (κ1) is 18.8. The normalized spacial score (nSPS) is 10.9. The van der Waals surface area contributed by atoms with E-state index in [0.717, 1.165) is 35.9 Å². The summed E-state index contributed by atoms with van der Waals surface area (Å²) in [7, 11) is 1.60. The minimum atomic E-state index is -0.913. The number of ether oxygens (including phenoxy) is 2. The third kappa shape index (κ3) is 4.22. The Morgan fingerprint density at radius 1 is 1.15 bits per heavy atom. The average Bonchev–Trinajstić information content (AvgIpc) is 3.03. The maximum Gasteiger partial charge on any atom is 0.323 e. The Bertz CT molecular complexity index is 933. The van der Waals surface area contributed by atoms with Crippen molar-refractivity contribution in [3.05, 3.63) is 42.5 Å². The highest BCUT2D eigenvalue weighted by atomic mass is 16.5. The number of fused-ring (bicyclic) bond motifs is 1. The van der Waals surface area contributed by atoms with Crippen LogP contribution in [0.3, 0.4) is 0 Å². The fourth-order valence-corrected chi connectivity index (χ4v) is 3.05. The third-order valence-corrected chi connectivity index (χ3v) is 4.38. The molecule has 0 aliphatic heterocycles. The van der Waals surface area contributed by atoms with Gasteiger partial charge in [-0.25, -0.2) is 4.98 Å². The molecule has 0 aliphatic carbocycles. The standard InChI is InChI=1S/C21H24N2O4/c1-3-4-7-12-27-19-13-15(10-11-18(19)26-2)21-22-16-8-5-6-9-17(16)23(21)14-20(24)25/h5-6,8-11,13H,3-4,7,12,14H2,1-2H3,(H,24,25). The van der Waals surface area contributed by atoms with Crippen molar-refractivity contribution in [2.75, 3.05) is 13.7 Å². The summed E-state index contributed by atoms with van der Waals surface area (Å²) in [5.74, 6) is 0.972. The van der Waals surface area contributed by atoms with Crippen LogP contribution in [0.5, 0.6) is 11.5 Å². The number of carbonyl (C=O) groups is 1. The van der Waals surface area contributed by atoms with Gasteiger partial charge >= 0.3 is 5.97 Å². The molecule has 6 nitrogen and oxygen atoms in total. The molecule has 2 aromatic carbocycles. The molecule has 0 atom stereocenters. The van der Waals surface area contributed by atoms with Gasteiger partial charge in [-0.2, -0.15) is 0 Å². The Morgan fingerprint density at radius 3 is 2.70 bits per heavy atom. The van der Waals surface area contributed by atoms with Crippen LogP contribution in [0, 0.1) is 0 Å². The maximum absolute atomic E-state index is 11.4. The maximum atomic E-state index is 11.4. The summed E-state index contributed by atoms with van der Waals surface area (Å²) in [5, 5.41) is 9.33. The van der Waals surface area contributed by atoms with Crippen LogP contribution < -0.4 is 9.47 Å². The van der Waals surface area contributed by atoms with Crippen molar-refractivity contribution in [1.29, 1.82) is 0 Å². The highest BCUT2D eigenvalue weighted by Crippen LogP contribution is 2.33. The number of carboxylic acid groups (broad SMARTS) is 1. The summed E-state index contributed by atoms with van der Waals surface area (Å²) in [6.45, 7) is 2.60. The van der Waals surface area contributed by atoms with E-state index < -0.39 is 5.97 Å². The van der Waals surface area contributed by atoms with Crippen molar-refractivity contribution < 1.29 is 19.4 Å². The Labute approximate surface area is 158 Å². The second kappa shape index (κ2) is 8.58. The summed E-state index contributed by atoms with van der Waals surface area (Å²) in [5.41, 5.74) is 2.34. The minimum Gasteiger partial charge on any atom is -0.493 e. The van der Waals surface area contributed by atoms with Crippen LogP contribution in [-0.4, -0.2) is 34.3 Å². The first-order valence-electron chi connectivity index (χ1n) is 9.12. The number of carboxylic acids is 1. The largest absolute Gasteiger partial charge is 0.493 e. The van der Waals surface area contributed by atoms with E-state index in [1.54, 1.807) is 11.7 Å². The molecule has 1 N–H and O–H groups in total. The molecular weight excluding hydrogens is 344 g/mol. The minimum absolute atomic E-state index is 0.158. The van der Waals surface area contributed by atoms with E-state index >= 15 is 0 Å². The average molecular weight is 368 g/mol. The Kier molecular flexibility index (Phi) is 5.96. The van der Waals surface area contributed by atoms with E-state index in [0.29, 0.717) is 23.9 Å². The zero-order valence-electron chi connectivity index (χ0n) is 15.6. The van der Waals surface area contributed by atoms with Gasteiger partial charge in [0.2, 0.25) is 0 Å². The number of aromatic nitrogens is 2. The van der Waals surface area contributed by atoms with Crippen molar-refractivity contribution in [3.63, 3.8) is 0 Å². The van der Waals surface area contributed by atoms with E-state index in [2.05, 4.69) is 11.9 Å². The third-order valence-electron chi connectivity index (χ3n) is 4.38. The van der Waals surface area contributed by atoms with Crippen molar-refractivity contribution in [2.24, 2.45) is 0 Å². The van der Waals surface area contributed by atoms with Gasteiger partial charge in [0, 0.05) is 5.56 Å². The van der Waals surface area contributed by atoms with Crippen LogP contribution in [0.4, 0.5) is 0 Å². The Hall–Kier alpha value is -3.02. The lowest BCUT2D eigenvalue weighted by atomic mass is 10.2. The monoisotopic (exact) mass is 368 g/mol. The summed E-state index contributed by atoms with van der Waals surface area (Å²) < 4.78 is 13.0. The summed E-state index contributed by atoms with van der Waals surface area (Å²) in [6.07, 6.45) is 3.21. The number of rotatable bonds is 9. The molecule has 0 radical (unpaired) electrons. The summed E-state index contributed by atoms with van der Waals surface area (Å²) >= 11 is 0. The van der Waals surface area contributed by atoms with Gasteiger partial charge in [0.15, 0.2) is 11.5 Å². The molecule has 0 spiro atoms. The fraction of sp³-hybridized carbons (Fsp3) is 0.333. The number of hydrogen-bond acceptors (Lipinski definition) is 4. The molecule has 0 fully saturated rings. The first-order chi connectivity index (χ1) is 13.1. The second-order valence-electron chi connectivity index (χ2n) is 6.33. The van der Waals surface area contributed by atoms with Crippen molar-refractivity contribution >= 4 is 17.0 Å². The summed E-state index contributed by atoms with van der Waals surface area (Å²) in [6, 6.07) is 13.1. The lowest BCUT2D eigenvalue weighted by Crippen LogP contribution is -2.10. The molecule has 3 rings (SSSR count). The number of imidazole rings is 1. The van der Waals surface area contributed by atoms with Crippen molar-refractivity contribution in [2.45, 2.75) is 32.7 Å². The smallest absolute Gasteiger partial charge is 0.323 e. The van der Waals surface area contributed by atoms with Gasteiger partial charge in [-0.3, -0.25) is 4.79 Å². The first-order valence-corrected chi connectivity index (χ1v) is 9.12. The molecule has 0 unspecified atom stereocenters. The predicted molar refractivity (Wildman–Crippen MR) is 104 cm³/mol. The lowest BCUT2D eigenvalue weighted by molar-refractivity contribution is -0.137. The molecule has 0 saturated carbocycles. The zero-order chi connectivity index (χ0) is 19.2. The van der Waals surface area contributed by atoms with E-state index in [-0.39, 0.29) is 6.54 Å². The van der Waals surface area contributed by atoms with Crippen molar-refractivity contribution in [1.82, 2.24) is 9.55 Å². The topological polar surface area (TPSA) is 73.6 Å². The number of benzene rings is 2. The number of hydrogen-bond donors (Lipinski definition) is 1. The van der Waals surface area contributed by atoms with Gasteiger partial charge in [-0.15, -0.1) is 0 Å². The SMILES string of the molecule is CCCCCOc1cc(-c2nc3ccccc3n2CC(=O)O)ccc1OC.